The van der Waals surface area contributed by atoms with Crippen LogP contribution in [0.1, 0.15) is 21.6 Å². The van der Waals surface area contributed by atoms with Crippen molar-refractivity contribution in [3.05, 3.63) is 65.6 Å². The molecule has 0 unspecified atom stereocenters. The van der Waals surface area contributed by atoms with Gasteiger partial charge in [0, 0.05) is 18.8 Å². The summed E-state index contributed by atoms with van der Waals surface area (Å²) >= 11 is 0. The number of rotatable bonds is 8. The maximum atomic E-state index is 13.4. The van der Waals surface area contributed by atoms with Gasteiger partial charge in [-0.3, -0.25) is 9.59 Å². The lowest BCUT2D eigenvalue weighted by Gasteiger charge is -2.22. The van der Waals surface area contributed by atoms with Gasteiger partial charge in [0.05, 0.1) is 38.8 Å². The molecule has 0 fully saturated rings. The SMILES string of the molecule is COC(=O)CN(Cc1cc(OC)cc(OC)c1)C(=O)c1cnn(-c2ccccn2)c1C. The van der Waals surface area contributed by atoms with Crippen LogP contribution in [-0.2, 0) is 16.1 Å². The van der Waals surface area contributed by atoms with E-state index in [1.54, 1.807) is 62.4 Å². The number of carbonyl (C=O) groups excluding carboxylic acids is 2. The molecule has 162 valence electrons. The van der Waals surface area contributed by atoms with Gasteiger partial charge in [0.15, 0.2) is 5.82 Å². The summed E-state index contributed by atoms with van der Waals surface area (Å²) in [5.74, 6) is 0.874. The van der Waals surface area contributed by atoms with Gasteiger partial charge >= 0.3 is 5.97 Å². The molecule has 9 nitrogen and oxygen atoms in total. The molecule has 0 atom stereocenters. The Morgan fingerprint density at radius 2 is 1.77 bits per heavy atom. The van der Waals surface area contributed by atoms with Gasteiger partial charge in [-0.25, -0.2) is 9.67 Å². The Balaban J connectivity index is 1.93. The average Bonchev–Trinajstić information content (AvgIpc) is 3.19. The minimum absolute atomic E-state index is 0.149. The van der Waals surface area contributed by atoms with E-state index in [9.17, 15) is 9.59 Å². The normalized spacial score (nSPS) is 10.5. The van der Waals surface area contributed by atoms with Gasteiger partial charge in [-0.15, -0.1) is 0 Å². The molecular weight excluding hydrogens is 400 g/mol. The summed E-state index contributed by atoms with van der Waals surface area (Å²) in [4.78, 5) is 31.0. The summed E-state index contributed by atoms with van der Waals surface area (Å²) in [6.45, 7) is 1.71. The Kier molecular flexibility index (Phi) is 6.86. The Bertz CT molecular complexity index is 1040. The number of hydrogen-bond donors (Lipinski definition) is 0. The van der Waals surface area contributed by atoms with E-state index < -0.39 is 5.97 Å². The topological polar surface area (TPSA) is 95.8 Å². The van der Waals surface area contributed by atoms with Crippen LogP contribution in [0.25, 0.3) is 5.82 Å². The zero-order valence-corrected chi connectivity index (χ0v) is 17.9. The zero-order chi connectivity index (χ0) is 22.4. The number of carbonyl (C=O) groups is 2. The maximum Gasteiger partial charge on any atom is 0.325 e. The van der Waals surface area contributed by atoms with E-state index >= 15 is 0 Å². The molecule has 0 aliphatic heterocycles. The molecule has 0 aliphatic carbocycles. The quantitative estimate of drug-likeness (QED) is 0.513. The highest BCUT2D eigenvalue weighted by atomic mass is 16.5. The Hall–Kier alpha value is -3.88. The van der Waals surface area contributed by atoms with Crippen molar-refractivity contribution in [2.24, 2.45) is 0 Å². The number of benzene rings is 1. The van der Waals surface area contributed by atoms with E-state index in [-0.39, 0.29) is 19.0 Å². The lowest BCUT2D eigenvalue weighted by atomic mass is 10.1. The van der Waals surface area contributed by atoms with Crippen LogP contribution in [0.3, 0.4) is 0 Å². The maximum absolute atomic E-state index is 13.4. The molecule has 0 spiro atoms. The van der Waals surface area contributed by atoms with Gasteiger partial charge in [0.25, 0.3) is 5.91 Å². The number of methoxy groups -OCH3 is 3. The molecule has 0 bridgehead atoms. The number of hydrogen-bond acceptors (Lipinski definition) is 7. The van der Waals surface area contributed by atoms with Crippen LogP contribution >= 0.6 is 0 Å². The molecule has 0 radical (unpaired) electrons. The second-order valence-electron chi connectivity index (χ2n) is 6.70. The van der Waals surface area contributed by atoms with Crippen molar-refractivity contribution < 1.29 is 23.8 Å². The molecule has 0 aliphatic rings. The number of esters is 1. The minimum Gasteiger partial charge on any atom is -0.497 e. The first-order valence-electron chi connectivity index (χ1n) is 9.51. The average molecular weight is 424 g/mol. The van der Waals surface area contributed by atoms with Crippen molar-refractivity contribution >= 4 is 11.9 Å². The van der Waals surface area contributed by atoms with Crippen molar-refractivity contribution in [1.82, 2.24) is 19.7 Å². The summed E-state index contributed by atoms with van der Waals surface area (Å²) in [5.41, 5.74) is 1.72. The van der Waals surface area contributed by atoms with Gasteiger partial charge in [0.2, 0.25) is 0 Å². The lowest BCUT2D eigenvalue weighted by Crippen LogP contribution is -2.36. The van der Waals surface area contributed by atoms with E-state index in [4.69, 9.17) is 14.2 Å². The second-order valence-corrected chi connectivity index (χ2v) is 6.70. The first-order chi connectivity index (χ1) is 15.0. The molecule has 3 aromatic rings. The molecule has 31 heavy (non-hydrogen) atoms. The van der Waals surface area contributed by atoms with E-state index in [2.05, 4.69) is 10.1 Å². The van der Waals surface area contributed by atoms with Crippen LogP contribution in [0.4, 0.5) is 0 Å². The van der Waals surface area contributed by atoms with Crippen molar-refractivity contribution in [3.63, 3.8) is 0 Å². The predicted octanol–water partition coefficient (Wildman–Crippen LogP) is 2.41. The highest BCUT2D eigenvalue weighted by Crippen LogP contribution is 2.24. The van der Waals surface area contributed by atoms with E-state index in [1.165, 1.54) is 18.2 Å². The monoisotopic (exact) mass is 424 g/mol. The third-order valence-corrected chi connectivity index (χ3v) is 4.73. The van der Waals surface area contributed by atoms with Gasteiger partial charge in [-0.1, -0.05) is 6.07 Å². The molecule has 0 saturated carbocycles. The minimum atomic E-state index is -0.530. The third kappa shape index (κ3) is 5.00. The van der Waals surface area contributed by atoms with Crippen LogP contribution in [-0.4, -0.2) is 59.4 Å². The number of pyridine rings is 1. The van der Waals surface area contributed by atoms with Gasteiger partial charge in [0.1, 0.15) is 18.0 Å². The molecule has 3 rings (SSSR count). The van der Waals surface area contributed by atoms with Gasteiger partial charge in [-0.2, -0.15) is 5.10 Å². The molecule has 1 amide bonds. The number of amides is 1. The van der Waals surface area contributed by atoms with Crippen LogP contribution in [0, 0.1) is 6.92 Å². The number of nitrogens with zero attached hydrogens (tertiary/aromatic N) is 4. The van der Waals surface area contributed by atoms with E-state index in [0.717, 1.165) is 5.56 Å². The molecule has 0 N–H and O–H groups in total. The fraction of sp³-hybridized carbons (Fsp3) is 0.273. The third-order valence-electron chi connectivity index (χ3n) is 4.73. The van der Waals surface area contributed by atoms with Gasteiger partial charge < -0.3 is 19.1 Å². The van der Waals surface area contributed by atoms with Crippen LogP contribution in [0.5, 0.6) is 11.5 Å². The standard InChI is InChI=1S/C22H24N4O5/c1-15-19(12-24-26(15)20-7-5-6-8-23-20)22(28)25(14-21(27)31-4)13-16-9-17(29-2)11-18(10-16)30-3/h5-12H,13-14H2,1-4H3. The fourth-order valence-electron chi connectivity index (χ4n) is 3.10. The summed E-state index contributed by atoms with van der Waals surface area (Å²) in [5, 5.41) is 4.30. The van der Waals surface area contributed by atoms with Crippen LogP contribution in [0.15, 0.2) is 48.8 Å². The predicted molar refractivity (Wildman–Crippen MR) is 112 cm³/mol. The Morgan fingerprint density at radius 1 is 1.06 bits per heavy atom. The Morgan fingerprint density at radius 3 is 2.35 bits per heavy atom. The van der Waals surface area contributed by atoms with Crippen molar-refractivity contribution in [2.75, 3.05) is 27.9 Å². The lowest BCUT2D eigenvalue weighted by molar-refractivity contribution is -0.141. The smallest absolute Gasteiger partial charge is 0.325 e. The van der Waals surface area contributed by atoms with Crippen molar-refractivity contribution in [2.45, 2.75) is 13.5 Å². The van der Waals surface area contributed by atoms with E-state index in [0.29, 0.717) is 28.6 Å². The molecule has 2 aromatic heterocycles. The van der Waals surface area contributed by atoms with Gasteiger partial charge in [-0.05, 0) is 36.8 Å². The number of aromatic nitrogens is 3. The van der Waals surface area contributed by atoms with Crippen LogP contribution in [0.2, 0.25) is 0 Å². The summed E-state index contributed by atoms with van der Waals surface area (Å²) in [7, 11) is 4.38. The summed E-state index contributed by atoms with van der Waals surface area (Å²) in [6, 6.07) is 10.7. The largest absolute Gasteiger partial charge is 0.497 e. The van der Waals surface area contributed by atoms with Crippen molar-refractivity contribution in [3.8, 4) is 17.3 Å². The zero-order valence-electron chi connectivity index (χ0n) is 17.9. The summed E-state index contributed by atoms with van der Waals surface area (Å²) < 4.78 is 17.0. The van der Waals surface area contributed by atoms with Crippen molar-refractivity contribution in [1.29, 1.82) is 0 Å². The van der Waals surface area contributed by atoms with E-state index in [1.807, 2.05) is 6.07 Å². The molecule has 9 heteroatoms. The molecule has 1 aromatic carbocycles. The highest BCUT2D eigenvalue weighted by molar-refractivity contribution is 5.96. The second kappa shape index (κ2) is 9.75. The highest BCUT2D eigenvalue weighted by Gasteiger charge is 2.24. The molecule has 0 saturated heterocycles. The van der Waals surface area contributed by atoms with Crippen LogP contribution < -0.4 is 9.47 Å². The first-order valence-corrected chi connectivity index (χ1v) is 9.51. The Labute approximate surface area is 180 Å². The molecular formula is C22H24N4O5. The fourth-order valence-corrected chi connectivity index (χ4v) is 3.10. The summed E-state index contributed by atoms with van der Waals surface area (Å²) in [6.07, 6.45) is 3.13. The number of ether oxygens (including phenoxy) is 3. The first kappa shape index (κ1) is 21.8. The molecule has 2 heterocycles.